The molecular weight excluding hydrogens is 267 g/mol. The molecule has 0 aliphatic rings. The molecule has 3 nitrogen and oxygen atoms in total. The van der Waals surface area contributed by atoms with Crippen LogP contribution in [0.5, 0.6) is 0 Å². The van der Waals surface area contributed by atoms with Crippen molar-refractivity contribution < 1.29 is 13.2 Å². The van der Waals surface area contributed by atoms with Gasteiger partial charge >= 0.3 is 0 Å². The quantitative estimate of drug-likeness (QED) is 0.855. The molecule has 0 aliphatic carbocycles. The van der Waals surface area contributed by atoms with E-state index in [2.05, 4.69) is 10.4 Å². The van der Waals surface area contributed by atoms with Gasteiger partial charge in [-0.3, -0.25) is 4.68 Å². The van der Waals surface area contributed by atoms with Crippen molar-refractivity contribution >= 4 is 0 Å². The fourth-order valence-corrected chi connectivity index (χ4v) is 2.19. The molecule has 1 unspecified atom stereocenters. The second-order valence-corrected chi connectivity index (χ2v) is 4.33. The maximum absolute atomic E-state index is 14.0. The Morgan fingerprint density at radius 1 is 1.15 bits per heavy atom. The molecule has 0 fully saturated rings. The molecule has 108 valence electrons. The van der Waals surface area contributed by atoms with Gasteiger partial charge in [0.05, 0.1) is 11.7 Å². The molecule has 1 heterocycles. The van der Waals surface area contributed by atoms with Gasteiger partial charge in [0.1, 0.15) is 0 Å². The number of nitrogens with zero attached hydrogens (tertiary/aromatic N) is 2. The van der Waals surface area contributed by atoms with E-state index in [9.17, 15) is 13.2 Å². The monoisotopic (exact) mass is 283 g/mol. The first-order chi connectivity index (χ1) is 9.60. The summed E-state index contributed by atoms with van der Waals surface area (Å²) in [4.78, 5) is 0. The third kappa shape index (κ3) is 2.56. The van der Waals surface area contributed by atoms with E-state index in [0.717, 1.165) is 6.07 Å². The van der Waals surface area contributed by atoms with E-state index in [1.165, 1.54) is 6.07 Å². The highest BCUT2D eigenvalue weighted by atomic mass is 19.2. The topological polar surface area (TPSA) is 29.9 Å². The predicted molar refractivity (Wildman–Crippen MR) is 69.7 cm³/mol. The molecule has 2 aromatic rings. The van der Waals surface area contributed by atoms with Crippen LogP contribution in [0.3, 0.4) is 0 Å². The minimum Gasteiger partial charge on any atom is -0.305 e. The first-order valence-electron chi connectivity index (χ1n) is 6.48. The highest BCUT2D eigenvalue weighted by molar-refractivity contribution is 5.30. The predicted octanol–water partition coefficient (Wildman–Crippen LogP) is 3.02. The summed E-state index contributed by atoms with van der Waals surface area (Å²) in [5.74, 6) is -3.81. The molecule has 0 bridgehead atoms. The van der Waals surface area contributed by atoms with Crippen LogP contribution in [0.1, 0.15) is 31.1 Å². The highest BCUT2D eigenvalue weighted by Gasteiger charge is 2.23. The summed E-state index contributed by atoms with van der Waals surface area (Å²) in [6, 6.07) is 3.36. The number of hydrogen-bond acceptors (Lipinski definition) is 2. The number of benzene rings is 1. The first-order valence-corrected chi connectivity index (χ1v) is 6.48. The average molecular weight is 283 g/mol. The van der Waals surface area contributed by atoms with Crippen LogP contribution >= 0.6 is 0 Å². The average Bonchev–Trinajstić information content (AvgIpc) is 2.91. The maximum Gasteiger partial charge on any atom is 0.194 e. The fourth-order valence-electron chi connectivity index (χ4n) is 2.19. The molecule has 1 aromatic heterocycles. The van der Waals surface area contributed by atoms with Gasteiger partial charge in [-0.1, -0.05) is 13.0 Å². The molecule has 0 saturated carbocycles. The smallest absolute Gasteiger partial charge is 0.194 e. The van der Waals surface area contributed by atoms with Crippen molar-refractivity contribution in [1.29, 1.82) is 0 Å². The number of aromatic nitrogens is 2. The molecule has 0 spiro atoms. The Hall–Kier alpha value is -1.82. The van der Waals surface area contributed by atoms with Crippen LogP contribution in [-0.4, -0.2) is 16.3 Å². The zero-order valence-electron chi connectivity index (χ0n) is 11.3. The van der Waals surface area contributed by atoms with Crippen LogP contribution < -0.4 is 5.32 Å². The molecule has 0 saturated heterocycles. The molecule has 0 aliphatic heterocycles. The van der Waals surface area contributed by atoms with Crippen LogP contribution in [-0.2, 0) is 6.54 Å². The minimum atomic E-state index is -1.45. The Morgan fingerprint density at radius 2 is 1.90 bits per heavy atom. The van der Waals surface area contributed by atoms with Crippen molar-refractivity contribution in [1.82, 2.24) is 15.1 Å². The van der Waals surface area contributed by atoms with Gasteiger partial charge in [-0.15, -0.1) is 0 Å². The van der Waals surface area contributed by atoms with E-state index in [0.29, 0.717) is 18.8 Å². The van der Waals surface area contributed by atoms with Crippen molar-refractivity contribution in [3.63, 3.8) is 0 Å². The largest absolute Gasteiger partial charge is 0.305 e. The van der Waals surface area contributed by atoms with Gasteiger partial charge < -0.3 is 5.32 Å². The van der Waals surface area contributed by atoms with Gasteiger partial charge in [0, 0.05) is 18.3 Å². The van der Waals surface area contributed by atoms with E-state index >= 15 is 0 Å². The van der Waals surface area contributed by atoms with Crippen molar-refractivity contribution in [2.24, 2.45) is 0 Å². The minimum absolute atomic E-state index is 0.0703. The lowest BCUT2D eigenvalue weighted by Crippen LogP contribution is -2.26. The molecule has 1 N–H and O–H groups in total. The summed E-state index contributed by atoms with van der Waals surface area (Å²) in [5, 5.41) is 7.19. The normalized spacial score (nSPS) is 12.7. The zero-order chi connectivity index (χ0) is 14.7. The van der Waals surface area contributed by atoms with Gasteiger partial charge in [0.2, 0.25) is 0 Å². The van der Waals surface area contributed by atoms with E-state index in [1.54, 1.807) is 16.9 Å². The Kier molecular flexibility index (Phi) is 4.44. The van der Waals surface area contributed by atoms with Crippen molar-refractivity contribution in [2.45, 2.75) is 26.4 Å². The lowest BCUT2D eigenvalue weighted by Gasteiger charge is -2.20. The van der Waals surface area contributed by atoms with Gasteiger partial charge in [0.25, 0.3) is 0 Å². The summed E-state index contributed by atoms with van der Waals surface area (Å²) >= 11 is 0. The molecule has 0 radical (unpaired) electrons. The lowest BCUT2D eigenvalue weighted by molar-refractivity contribution is 0.429. The van der Waals surface area contributed by atoms with E-state index in [-0.39, 0.29) is 5.56 Å². The zero-order valence-corrected chi connectivity index (χ0v) is 11.3. The van der Waals surface area contributed by atoms with Gasteiger partial charge in [-0.05, 0) is 25.6 Å². The standard InChI is InChI=1S/C14H16F3N3/c1-3-18-14(11-7-8-19-20(11)4-2)9-5-6-10(15)13(17)12(9)16/h5-8,14,18H,3-4H2,1-2H3. The summed E-state index contributed by atoms with van der Waals surface area (Å²) in [6.07, 6.45) is 1.60. The van der Waals surface area contributed by atoms with Crippen LogP contribution in [0.25, 0.3) is 0 Å². The van der Waals surface area contributed by atoms with Crippen LogP contribution in [0, 0.1) is 17.5 Å². The Bertz CT molecular complexity index is 595. The SMILES string of the molecule is CCNC(c1ccc(F)c(F)c1F)c1ccnn1CC. The molecule has 0 amide bonds. The number of hydrogen-bond donors (Lipinski definition) is 1. The first kappa shape index (κ1) is 14.6. The number of nitrogens with one attached hydrogen (secondary N) is 1. The van der Waals surface area contributed by atoms with E-state index in [4.69, 9.17) is 0 Å². The molecule has 2 rings (SSSR count). The third-order valence-corrected chi connectivity index (χ3v) is 3.13. The summed E-state index contributed by atoms with van der Waals surface area (Å²) in [6.45, 7) is 4.92. The van der Waals surface area contributed by atoms with Crippen molar-refractivity contribution in [3.8, 4) is 0 Å². The second-order valence-electron chi connectivity index (χ2n) is 4.33. The van der Waals surface area contributed by atoms with E-state index < -0.39 is 23.5 Å². The maximum atomic E-state index is 14.0. The molecule has 6 heteroatoms. The van der Waals surface area contributed by atoms with Gasteiger partial charge in [-0.25, -0.2) is 13.2 Å². The van der Waals surface area contributed by atoms with Crippen molar-refractivity contribution in [2.75, 3.05) is 6.54 Å². The molecule has 1 atom stereocenters. The van der Waals surface area contributed by atoms with E-state index in [1.807, 2.05) is 13.8 Å². The Balaban J connectivity index is 2.52. The number of halogens is 3. The number of rotatable bonds is 5. The second kappa shape index (κ2) is 6.09. The molecular formula is C14H16F3N3. The Labute approximate surface area is 115 Å². The Morgan fingerprint density at radius 3 is 2.55 bits per heavy atom. The fraction of sp³-hybridized carbons (Fsp3) is 0.357. The van der Waals surface area contributed by atoms with Crippen LogP contribution in [0.15, 0.2) is 24.4 Å². The van der Waals surface area contributed by atoms with Crippen LogP contribution in [0.4, 0.5) is 13.2 Å². The van der Waals surface area contributed by atoms with Gasteiger partial charge in [0.15, 0.2) is 17.5 Å². The number of aryl methyl sites for hydroxylation is 1. The van der Waals surface area contributed by atoms with Gasteiger partial charge in [-0.2, -0.15) is 5.10 Å². The summed E-state index contributed by atoms with van der Waals surface area (Å²) < 4.78 is 42.1. The highest BCUT2D eigenvalue weighted by Crippen LogP contribution is 2.26. The third-order valence-electron chi connectivity index (χ3n) is 3.13. The van der Waals surface area contributed by atoms with Crippen molar-refractivity contribution in [3.05, 3.63) is 53.1 Å². The molecule has 1 aromatic carbocycles. The summed E-state index contributed by atoms with van der Waals surface area (Å²) in [5.41, 5.74) is 0.778. The van der Waals surface area contributed by atoms with Crippen LogP contribution in [0.2, 0.25) is 0 Å². The lowest BCUT2D eigenvalue weighted by atomic mass is 10.0. The molecule has 20 heavy (non-hydrogen) atoms. The summed E-state index contributed by atoms with van der Waals surface area (Å²) in [7, 11) is 0.